The van der Waals surface area contributed by atoms with Gasteiger partial charge in [0.05, 0.1) is 5.39 Å². The fourth-order valence-electron chi connectivity index (χ4n) is 3.11. The number of pyridine rings is 2. The first kappa shape index (κ1) is 15.0. The standard InChI is InChI=1S/C16H21FN4O/c1-21-7-6-14(22)12-8-13(17)15(20-16(12)21)19-11-4-2-10(9-18)3-5-11/h6-8,10-11H,2-5,9,18H2,1H3,(H,19,20)/t10-,11-. The van der Waals surface area contributed by atoms with Crippen LogP contribution in [0, 0.1) is 11.7 Å². The van der Waals surface area contributed by atoms with E-state index in [-0.39, 0.29) is 17.3 Å². The summed E-state index contributed by atoms with van der Waals surface area (Å²) in [6.45, 7) is 0.720. The summed E-state index contributed by atoms with van der Waals surface area (Å²) in [5.41, 5.74) is 5.97. The maximum absolute atomic E-state index is 14.2. The lowest BCUT2D eigenvalue weighted by molar-refractivity contribution is 0.344. The number of hydrogen-bond acceptors (Lipinski definition) is 4. The third-order valence-electron chi connectivity index (χ3n) is 4.53. The lowest BCUT2D eigenvalue weighted by atomic mass is 9.86. The van der Waals surface area contributed by atoms with E-state index in [1.807, 2.05) is 0 Å². The molecule has 0 spiro atoms. The van der Waals surface area contributed by atoms with Crippen molar-refractivity contribution in [3.63, 3.8) is 0 Å². The molecule has 2 aromatic heterocycles. The van der Waals surface area contributed by atoms with Gasteiger partial charge in [-0.15, -0.1) is 0 Å². The van der Waals surface area contributed by atoms with E-state index in [4.69, 9.17) is 5.73 Å². The van der Waals surface area contributed by atoms with E-state index in [0.29, 0.717) is 17.0 Å². The number of nitrogens with zero attached hydrogens (tertiary/aromatic N) is 2. The molecule has 1 aliphatic rings. The van der Waals surface area contributed by atoms with Crippen molar-refractivity contribution in [1.29, 1.82) is 0 Å². The van der Waals surface area contributed by atoms with E-state index in [1.54, 1.807) is 17.8 Å². The summed E-state index contributed by atoms with van der Waals surface area (Å²) in [5, 5.41) is 3.50. The predicted molar refractivity (Wildman–Crippen MR) is 85.4 cm³/mol. The number of rotatable bonds is 3. The quantitative estimate of drug-likeness (QED) is 0.909. The molecule has 3 rings (SSSR count). The molecule has 2 heterocycles. The fourth-order valence-corrected chi connectivity index (χ4v) is 3.11. The summed E-state index contributed by atoms with van der Waals surface area (Å²) in [6, 6.07) is 2.91. The Labute approximate surface area is 128 Å². The zero-order chi connectivity index (χ0) is 15.7. The highest BCUT2D eigenvalue weighted by molar-refractivity contribution is 5.77. The van der Waals surface area contributed by atoms with Crippen LogP contribution in [0.3, 0.4) is 0 Å². The number of aryl methyl sites for hydroxylation is 1. The number of nitrogens with one attached hydrogen (secondary N) is 1. The summed E-state index contributed by atoms with van der Waals surface area (Å²) >= 11 is 0. The normalized spacial score (nSPS) is 22.0. The monoisotopic (exact) mass is 304 g/mol. The molecule has 118 valence electrons. The Hall–Kier alpha value is -1.95. The Balaban J connectivity index is 1.87. The summed E-state index contributed by atoms with van der Waals surface area (Å²) < 4.78 is 16.0. The molecule has 1 saturated carbocycles. The second-order valence-electron chi connectivity index (χ2n) is 6.08. The number of halogens is 1. The van der Waals surface area contributed by atoms with Gasteiger partial charge < -0.3 is 15.6 Å². The molecule has 5 nitrogen and oxygen atoms in total. The summed E-state index contributed by atoms with van der Waals surface area (Å²) in [4.78, 5) is 16.1. The van der Waals surface area contributed by atoms with Crippen molar-refractivity contribution in [3.8, 4) is 0 Å². The van der Waals surface area contributed by atoms with Crippen LogP contribution in [-0.4, -0.2) is 22.1 Å². The topological polar surface area (TPSA) is 72.9 Å². The molecule has 0 bridgehead atoms. The minimum Gasteiger partial charge on any atom is -0.365 e. The maximum Gasteiger partial charge on any atom is 0.191 e. The summed E-state index contributed by atoms with van der Waals surface area (Å²) in [6.07, 6.45) is 5.69. The Bertz CT molecular complexity index is 735. The predicted octanol–water partition coefficient (Wildman–Crippen LogP) is 2.00. The lowest BCUT2D eigenvalue weighted by Crippen LogP contribution is -2.29. The number of fused-ring (bicyclic) bond motifs is 1. The van der Waals surface area contributed by atoms with Crippen molar-refractivity contribution < 1.29 is 4.39 Å². The average Bonchev–Trinajstić information content (AvgIpc) is 2.53. The van der Waals surface area contributed by atoms with Gasteiger partial charge in [-0.3, -0.25) is 4.79 Å². The van der Waals surface area contributed by atoms with Gasteiger partial charge in [-0.25, -0.2) is 9.37 Å². The van der Waals surface area contributed by atoms with Crippen LogP contribution < -0.4 is 16.5 Å². The largest absolute Gasteiger partial charge is 0.365 e. The van der Waals surface area contributed by atoms with E-state index < -0.39 is 5.82 Å². The van der Waals surface area contributed by atoms with Gasteiger partial charge in [0.25, 0.3) is 0 Å². The van der Waals surface area contributed by atoms with Crippen LogP contribution in [0.4, 0.5) is 10.2 Å². The number of anilines is 1. The van der Waals surface area contributed by atoms with Crippen LogP contribution in [0.2, 0.25) is 0 Å². The molecule has 2 aromatic rings. The van der Waals surface area contributed by atoms with Gasteiger partial charge in [-0.1, -0.05) is 0 Å². The Morgan fingerprint density at radius 2 is 2.14 bits per heavy atom. The zero-order valence-corrected chi connectivity index (χ0v) is 12.7. The number of nitrogens with two attached hydrogens (primary N) is 1. The van der Waals surface area contributed by atoms with Crippen LogP contribution in [-0.2, 0) is 7.05 Å². The minimum absolute atomic E-state index is 0.211. The first-order valence-corrected chi connectivity index (χ1v) is 7.71. The highest BCUT2D eigenvalue weighted by Crippen LogP contribution is 2.26. The molecule has 6 heteroatoms. The maximum atomic E-state index is 14.2. The summed E-state index contributed by atoms with van der Waals surface area (Å²) in [7, 11) is 1.79. The van der Waals surface area contributed by atoms with Gasteiger partial charge in [-0.05, 0) is 44.2 Å². The van der Waals surface area contributed by atoms with Crippen molar-refractivity contribution in [2.75, 3.05) is 11.9 Å². The van der Waals surface area contributed by atoms with Crippen LogP contribution >= 0.6 is 0 Å². The van der Waals surface area contributed by atoms with E-state index in [9.17, 15) is 9.18 Å². The smallest absolute Gasteiger partial charge is 0.191 e. The first-order chi connectivity index (χ1) is 10.6. The Kier molecular flexibility index (Phi) is 4.11. The van der Waals surface area contributed by atoms with E-state index in [0.717, 1.165) is 32.2 Å². The molecule has 0 saturated heterocycles. The molecule has 1 aliphatic carbocycles. The zero-order valence-electron chi connectivity index (χ0n) is 12.7. The van der Waals surface area contributed by atoms with Gasteiger partial charge in [0.1, 0.15) is 5.65 Å². The summed E-state index contributed by atoms with van der Waals surface area (Å²) in [5.74, 6) is 0.329. The molecule has 1 fully saturated rings. The second-order valence-corrected chi connectivity index (χ2v) is 6.08. The highest BCUT2D eigenvalue weighted by Gasteiger charge is 2.21. The third-order valence-corrected chi connectivity index (χ3v) is 4.53. The molecule has 0 aromatic carbocycles. The molecule has 0 atom stereocenters. The molecule has 0 amide bonds. The van der Waals surface area contributed by atoms with Crippen LogP contribution in [0.5, 0.6) is 0 Å². The SMILES string of the molecule is Cn1ccc(=O)c2cc(F)c(N[C@H]3CC[C@H](CN)CC3)nc21. The van der Waals surface area contributed by atoms with Crippen molar-refractivity contribution in [2.45, 2.75) is 31.7 Å². The van der Waals surface area contributed by atoms with E-state index in [1.165, 1.54) is 12.1 Å². The second kappa shape index (κ2) is 6.04. The highest BCUT2D eigenvalue weighted by atomic mass is 19.1. The average molecular weight is 304 g/mol. The molecule has 0 unspecified atom stereocenters. The van der Waals surface area contributed by atoms with Gasteiger partial charge >= 0.3 is 0 Å². The van der Waals surface area contributed by atoms with Crippen molar-refractivity contribution in [1.82, 2.24) is 9.55 Å². The van der Waals surface area contributed by atoms with Gasteiger partial charge in [-0.2, -0.15) is 0 Å². The van der Waals surface area contributed by atoms with Crippen molar-refractivity contribution in [3.05, 3.63) is 34.4 Å². The minimum atomic E-state index is -0.475. The lowest BCUT2D eigenvalue weighted by Gasteiger charge is -2.28. The third kappa shape index (κ3) is 2.83. The van der Waals surface area contributed by atoms with Gasteiger partial charge in [0, 0.05) is 25.4 Å². The van der Waals surface area contributed by atoms with Crippen LogP contribution in [0.15, 0.2) is 23.1 Å². The molecular weight excluding hydrogens is 283 g/mol. The van der Waals surface area contributed by atoms with Crippen molar-refractivity contribution in [2.24, 2.45) is 18.7 Å². The Morgan fingerprint density at radius 1 is 1.41 bits per heavy atom. The number of aromatic nitrogens is 2. The molecule has 0 aliphatic heterocycles. The van der Waals surface area contributed by atoms with E-state index in [2.05, 4.69) is 10.3 Å². The van der Waals surface area contributed by atoms with Gasteiger partial charge in [0.15, 0.2) is 17.1 Å². The van der Waals surface area contributed by atoms with Crippen LogP contribution in [0.1, 0.15) is 25.7 Å². The van der Waals surface area contributed by atoms with Crippen LogP contribution in [0.25, 0.3) is 11.0 Å². The van der Waals surface area contributed by atoms with Crippen molar-refractivity contribution >= 4 is 16.9 Å². The molecule has 3 N–H and O–H groups in total. The van der Waals surface area contributed by atoms with Gasteiger partial charge in [0.2, 0.25) is 0 Å². The fraction of sp³-hybridized carbons (Fsp3) is 0.500. The number of hydrogen-bond donors (Lipinski definition) is 2. The molecule has 22 heavy (non-hydrogen) atoms. The molecule has 0 radical (unpaired) electrons. The first-order valence-electron chi connectivity index (χ1n) is 7.71. The molecular formula is C16H21FN4O. The Morgan fingerprint density at radius 3 is 2.82 bits per heavy atom. The van der Waals surface area contributed by atoms with E-state index >= 15 is 0 Å².